The van der Waals surface area contributed by atoms with Crippen molar-refractivity contribution < 1.29 is 22.7 Å². The molecule has 0 bridgehead atoms. The molecule has 1 fully saturated rings. The number of thioether (sulfide) groups is 1. The fraction of sp³-hybridized carbons (Fsp3) is 0.409. The molecule has 1 amide bonds. The average molecular weight is 424 g/mol. The zero-order valence-electron chi connectivity index (χ0n) is 16.7. The van der Waals surface area contributed by atoms with E-state index in [-0.39, 0.29) is 27.3 Å². The lowest BCUT2D eigenvalue weighted by Crippen LogP contribution is -2.16. The molecule has 0 unspecified atom stereocenters. The van der Waals surface area contributed by atoms with E-state index in [0.717, 1.165) is 25.7 Å². The van der Waals surface area contributed by atoms with Crippen LogP contribution in [0.3, 0.4) is 0 Å². The second-order valence-corrected chi connectivity index (χ2v) is 8.50. The van der Waals surface area contributed by atoms with Crippen LogP contribution >= 0.6 is 11.8 Å². The highest BCUT2D eigenvalue weighted by atomic mass is 32.2. The fourth-order valence-corrected chi connectivity index (χ4v) is 4.21. The predicted molar refractivity (Wildman–Crippen MR) is 109 cm³/mol. The van der Waals surface area contributed by atoms with Crippen molar-refractivity contribution in [3.8, 4) is 16.9 Å². The van der Waals surface area contributed by atoms with Crippen LogP contribution in [-0.2, 0) is 0 Å². The summed E-state index contributed by atoms with van der Waals surface area (Å²) in [5.74, 6) is -2.39. The van der Waals surface area contributed by atoms with Gasteiger partial charge in [0.1, 0.15) is 0 Å². The maximum Gasteiger partial charge on any atom is 0.286 e. The van der Waals surface area contributed by atoms with Gasteiger partial charge in [0.15, 0.2) is 23.2 Å². The number of hydrogen-bond donors (Lipinski definition) is 0. The minimum atomic E-state index is -1.07. The number of rotatable bonds is 5. The molecule has 0 aliphatic heterocycles. The van der Waals surface area contributed by atoms with Gasteiger partial charge in [-0.3, -0.25) is 4.79 Å². The van der Waals surface area contributed by atoms with Crippen molar-refractivity contribution in [1.29, 1.82) is 0 Å². The van der Waals surface area contributed by atoms with Gasteiger partial charge < -0.3 is 9.64 Å². The molecule has 0 atom stereocenters. The Hall–Kier alpha value is -2.15. The summed E-state index contributed by atoms with van der Waals surface area (Å²) in [4.78, 5) is 13.5. The molecule has 1 aliphatic carbocycles. The van der Waals surface area contributed by atoms with Crippen molar-refractivity contribution in [1.82, 2.24) is 4.90 Å². The first kappa shape index (κ1) is 21.6. The Kier molecular flexibility index (Phi) is 6.77. The summed E-state index contributed by atoms with van der Waals surface area (Å²) in [5.41, 5.74) is 0.178. The van der Waals surface area contributed by atoms with Crippen LogP contribution in [0, 0.1) is 30.3 Å². The largest absolute Gasteiger partial charge is 0.490 e. The molecule has 0 saturated heterocycles. The second-order valence-electron chi connectivity index (χ2n) is 7.54. The Morgan fingerprint density at radius 3 is 2.34 bits per heavy atom. The summed E-state index contributed by atoms with van der Waals surface area (Å²) < 4.78 is 49.7. The Bertz CT molecular complexity index is 911. The number of aryl methyl sites for hydroxylation is 1. The summed E-state index contributed by atoms with van der Waals surface area (Å²) in [6.45, 7) is 1.85. The van der Waals surface area contributed by atoms with Crippen molar-refractivity contribution in [2.75, 3.05) is 20.7 Å². The zero-order chi connectivity index (χ0) is 21.1. The quantitative estimate of drug-likeness (QED) is 0.520. The van der Waals surface area contributed by atoms with E-state index in [2.05, 4.69) is 0 Å². The number of hydrogen-bond acceptors (Lipinski definition) is 3. The predicted octanol–water partition coefficient (Wildman–Crippen LogP) is 6.42. The van der Waals surface area contributed by atoms with E-state index in [1.165, 1.54) is 36.1 Å². The van der Waals surface area contributed by atoms with Crippen molar-refractivity contribution in [3.05, 3.63) is 47.3 Å². The zero-order valence-corrected chi connectivity index (χ0v) is 17.5. The lowest BCUT2D eigenvalue weighted by molar-refractivity contribution is 0.239. The molecule has 156 valence electrons. The Labute approximate surface area is 173 Å². The SMILES string of the molecule is Cc1ccc(-c2ccc(OCC3CCCC3)c(F)c2SC(=O)N(C)C)c(F)c1F. The van der Waals surface area contributed by atoms with E-state index in [1.54, 1.807) is 14.1 Å². The number of carbonyl (C=O) groups excluding carboxylic acids is 1. The van der Waals surface area contributed by atoms with Gasteiger partial charge in [-0.05, 0) is 55.1 Å². The molecule has 0 spiro atoms. The first-order chi connectivity index (χ1) is 13.8. The lowest BCUT2D eigenvalue weighted by Gasteiger charge is -2.18. The highest BCUT2D eigenvalue weighted by Crippen LogP contribution is 2.40. The van der Waals surface area contributed by atoms with E-state index in [9.17, 15) is 13.6 Å². The highest BCUT2D eigenvalue weighted by molar-refractivity contribution is 8.13. The Balaban J connectivity index is 2.02. The van der Waals surface area contributed by atoms with Gasteiger partial charge in [-0.2, -0.15) is 0 Å². The second kappa shape index (κ2) is 9.11. The van der Waals surface area contributed by atoms with Crippen LogP contribution in [0.5, 0.6) is 5.75 Å². The molecule has 0 aromatic heterocycles. The fourth-order valence-electron chi connectivity index (χ4n) is 3.38. The summed E-state index contributed by atoms with van der Waals surface area (Å²) >= 11 is 0.634. The summed E-state index contributed by atoms with van der Waals surface area (Å²) in [5, 5.41) is -0.425. The van der Waals surface area contributed by atoms with E-state index in [0.29, 0.717) is 24.3 Å². The third kappa shape index (κ3) is 4.71. The van der Waals surface area contributed by atoms with Crippen molar-refractivity contribution >= 4 is 17.0 Å². The van der Waals surface area contributed by atoms with Gasteiger partial charge in [0.25, 0.3) is 5.24 Å². The van der Waals surface area contributed by atoms with Crippen LogP contribution in [-0.4, -0.2) is 30.8 Å². The molecule has 0 radical (unpaired) electrons. The van der Waals surface area contributed by atoms with Crippen molar-refractivity contribution in [2.45, 2.75) is 37.5 Å². The van der Waals surface area contributed by atoms with Crippen LogP contribution in [0.1, 0.15) is 31.2 Å². The summed E-state index contributed by atoms with van der Waals surface area (Å²) in [6.07, 6.45) is 4.39. The Morgan fingerprint density at radius 2 is 1.69 bits per heavy atom. The molecular formula is C22H24F3NO2S. The van der Waals surface area contributed by atoms with Gasteiger partial charge in [-0.1, -0.05) is 25.0 Å². The van der Waals surface area contributed by atoms with Crippen LogP contribution in [0.2, 0.25) is 0 Å². The molecule has 0 heterocycles. The lowest BCUT2D eigenvalue weighted by atomic mass is 10.0. The minimum absolute atomic E-state index is 0.0164. The third-order valence-electron chi connectivity index (χ3n) is 5.13. The summed E-state index contributed by atoms with van der Waals surface area (Å²) in [6, 6.07) is 5.72. The highest BCUT2D eigenvalue weighted by Gasteiger charge is 2.24. The molecule has 0 N–H and O–H groups in total. The van der Waals surface area contributed by atoms with Crippen LogP contribution in [0.15, 0.2) is 29.2 Å². The molecule has 3 rings (SSSR count). The maximum absolute atomic E-state index is 15.3. The number of halogens is 3. The number of amides is 1. The molecule has 29 heavy (non-hydrogen) atoms. The first-order valence-corrected chi connectivity index (χ1v) is 10.4. The maximum atomic E-state index is 15.3. The summed E-state index contributed by atoms with van der Waals surface area (Å²) in [7, 11) is 3.08. The molecule has 1 aliphatic rings. The number of benzene rings is 2. The van der Waals surface area contributed by atoms with Crippen LogP contribution in [0.4, 0.5) is 18.0 Å². The molecule has 1 saturated carbocycles. The van der Waals surface area contributed by atoms with E-state index in [4.69, 9.17) is 4.74 Å². The standard InChI is InChI=1S/C22H24F3NO2S/c1-13-8-9-15(19(24)18(13)23)16-10-11-17(28-12-14-6-4-5-7-14)20(25)21(16)29-22(27)26(2)3/h8-11,14H,4-7,12H2,1-3H3. The third-order valence-corrected chi connectivity index (χ3v) is 6.27. The van der Waals surface area contributed by atoms with Gasteiger partial charge >= 0.3 is 0 Å². The molecule has 7 heteroatoms. The first-order valence-electron chi connectivity index (χ1n) is 9.59. The molecular weight excluding hydrogens is 399 g/mol. The van der Waals surface area contributed by atoms with Gasteiger partial charge in [0.2, 0.25) is 0 Å². The van der Waals surface area contributed by atoms with Crippen molar-refractivity contribution in [2.24, 2.45) is 5.92 Å². The number of ether oxygens (including phenoxy) is 1. The van der Waals surface area contributed by atoms with Crippen LogP contribution in [0.25, 0.3) is 11.1 Å². The molecule has 2 aromatic rings. The van der Waals surface area contributed by atoms with E-state index < -0.39 is 22.7 Å². The van der Waals surface area contributed by atoms with Gasteiger partial charge in [0, 0.05) is 25.2 Å². The topological polar surface area (TPSA) is 29.5 Å². The Morgan fingerprint density at radius 1 is 1.03 bits per heavy atom. The normalized spacial score (nSPS) is 14.3. The molecule has 3 nitrogen and oxygen atoms in total. The van der Waals surface area contributed by atoms with E-state index in [1.807, 2.05) is 0 Å². The van der Waals surface area contributed by atoms with Gasteiger partial charge in [0.05, 0.1) is 11.5 Å². The van der Waals surface area contributed by atoms with E-state index >= 15 is 4.39 Å². The monoisotopic (exact) mass is 423 g/mol. The van der Waals surface area contributed by atoms with Crippen molar-refractivity contribution in [3.63, 3.8) is 0 Å². The van der Waals surface area contributed by atoms with Crippen LogP contribution < -0.4 is 4.74 Å². The minimum Gasteiger partial charge on any atom is -0.490 e. The number of nitrogens with zero attached hydrogens (tertiary/aromatic N) is 1. The smallest absolute Gasteiger partial charge is 0.286 e. The van der Waals surface area contributed by atoms with Gasteiger partial charge in [-0.25, -0.2) is 13.2 Å². The molecule has 2 aromatic carbocycles. The average Bonchev–Trinajstić information content (AvgIpc) is 3.21. The number of carbonyl (C=O) groups is 1. The van der Waals surface area contributed by atoms with Gasteiger partial charge in [-0.15, -0.1) is 0 Å².